The maximum absolute atomic E-state index is 12.6. The van der Waals surface area contributed by atoms with Crippen LogP contribution in [0.2, 0.25) is 0 Å². The SMILES string of the molecule is CC1CCCN(C(=O)C2CC(=O)N(c3cccnc3)C2)C1. The van der Waals surface area contributed by atoms with Crippen molar-refractivity contribution in [3.63, 3.8) is 0 Å². The molecule has 112 valence electrons. The fourth-order valence-electron chi connectivity index (χ4n) is 3.28. The number of likely N-dealkylation sites (tertiary alicyclic amines) is 1. The van der Waals surface area contributed by atoms with Gasteiger partial charge in [0.1, 0.15) is 0 Å². The summed E-state index contributed by atoms with van der Waals surface area (Å²) in [6.07, 6.45) is 5.93. The van der Waals surface area contributed by atoms with Crippen LogP contribution in [0.25, 0.3) is 0 Å². The third kappa shape index (κ3) is 2.91. The Balaban J connectivity index is 1.68. The van der Waals surface area contributed by atoms with Gasteiger partial charge in [0.25, 0.3) is 0 Å². The van der Waals surface area contributed by atoms with Crippen LogP contribution < -0.4 is 4.90 Å². The van der Waals surface area contributed by atoms with Crippen LogP contribution >= 0.6 is 0 Å². The maximum atomic E-state index is 12.6. The van der Waals surface area contributed by atoms with Crippen LogP contribution in [0.15, 0.2) is 24.5 Å². The number of hydrogen-bond acceptors (Lipinski definition) is 3. The first-order valence-corrected chi connectivity index (χ1v) is 7.64. The highest BCUT2D eigenvalue weighted by Crippen LogP contribution is 2.27. The van der Waals surface area contributed by atoms with Crippen molar-refractivity contribution < 1.29 is 9.59 Å². The second-order valence-electron chi connectivity index (χ2n) is 6.15. The van der Waals surface area contributed by atoms with Crippen LogP contribution in [0.1, 0.15) is 26.2 Å². The molecule has 3 rings (SSSR count). The average Bonchev–Trinajstić information content (AvgIpc) is 2.89. The Kier molecular flexibility index (Phi) is 3.90. The zero-order valence-electron chi connectivity index (χ0n) is 12.4. The van der Waals surface area contributed by atoms with Gasteiger partial charge in [-0.15, -0.1) is 0 Å². The van der Waals surface area contributed by atoms with Crippen LogP contribution in [-0.2, 0) is 9.59 Å². The quantitative estimate of drug-likeness (QED) is 0.832. The van der Waals surface area contributed by atoms with Gasteiger partial charge in [-0.1, -0.05) is 6.92 Å². The molecule has 2 aliphatic rings. The first-order chi connectivity index (χ1) is 10.1. The minimum Gasteiger partial charge on any atom is -0.342 e. The van der Waals surface area contributed by atoms with E-state index in [0.717, 1.165) is 25.2 Å². The van der Waals surface area contributed by atoms with E-state index < -0.39 is 0 Å². The molecular formula is C16H21N3O2. The number of nitrogens with zero attached hydrogens (tertiary/aromatic N) is 3. The van der Waals surface area contributed by atoms with Crippen LogP contribution in [0.3, 0.4) is 0 Å². The van der Waals surface area contributed by atoms with Gasteiger partial charge in [0.2, 0.25) is 11.8 Å². The number of amides is 2. The van der Waals surface area contributed by atoms with E-state index in [0.29, 0.717) is 18.9 Å². The summed E-state index contributed by atoms with van der Waals surface area (Å²) >= 11 is 0. The van der Waals surface area contributed by atoms with Crippen molar-refractivity contribution in [1.82, 2.24) is 9.88 Å². The second kappa shape index (κ2) is 5.84. The molecule has 0 spiro atoms. The molecule has 2 saturated heterocycles. The lowest BCUT2D eigenvalue weighted by Crippen LogP contribution is -2.43. The Morgan fingerprint density at radius 1 is 1.38 bits per heavy atom. The van der Waals surface area contributed by atoms with Gasteiger partial charge in [-0.2, -0.15) is 0 Å². The van der Waals surface area contributed by atoms with Crippen molar-refractivity contribution in [2.24, 2.45) is 11.8 Å². The van der Waals surface area contributed by atoms with Gasteiger partial charge < -0.3 is 9.80 Å². The van der Waals surface area contributed by atoms with Crippen molar-refractivity contribution in [2.45, 2.75) is 26.2 Å². The molecule has 0 aromatic carbocycles. The summed E-state index contributed by atoms with van der Waals surface area (Å²) in [4.78, 5) is 32.4. The van der Waals surface area contributed by atoms with Gasteiger partial charge in [-0.05, 0) is 30.9 Å². The lowest BCUT2D eigenvalue weighted by Gasteiger charge is -2.32. The molecule has 2 amide bonds. The largest absolute Gasteiger partial charge is 0.342 e. The van der Waals surface area contributed by atoms with Crippen molar-refractivity contribution in [2.75, 3.05) is 24.5 Å². The molecule has 0 bridgehead atoms. The van der Waals surface area contributed by atoms with Crippen molar-refractivity contribution in [3.8, 4) is 0 Å². The summed E-state index contributed by atoms with van der Waals surface area (Å²) in [6.45, 7) is 4.33. The summed E-state index contributed by atoms with van der Waals surface area (Å²) in [5.41, 5.74) is 0.782. The van der Waals surface area contributed by atoms with Crippen molar-refractivity contribution >= 4 is 17.5 Å². The number of hydrogen-bond donors (Lipinski definition) is 0. The molecule has 1 aromatic rings. The molecular weight excluding hydrogens is 266 g/mol. The number of piperidine rings is 1. The maximum Gasteiger partial charge on any atom is 0.228 e. The van der Waals surface area contributed by atoms with E-state index >= 15 is 0 Å². The van der Waals surface area contributed by atoms with Gasteiger partial charge in [0.05, 0.1) is 17.8 Å². The van der Waals surface area contributed by atoms with E-state index in [1.54, 1.807) is 17.3 Å². The van der Waals surface area contributed by atoms with E-state index in [1.807, 2.05) is 17.0 Å². The van der Waals surface area contributed by atoms with E-state index in [4.69, 9.17) is 0 Å². The molecule has 2 atom stereocenters. The Labute approximate surface area is 124 Å². The molecule has 3 heterocycles. The number of pyridine rings is 1. The molecule has 5 heteroatoms. The molecule has 0 N–H and O–H groups in total. The fourth-order valence-corrected chi connectivity index (χ4v) is 3.28. The summed E-state index contributed by atoms with van der Waals surface area (Å²) in [5.74, 6) is 0.518. The number of carbonyl (C=O) groups is 2. The van der Waals surface area contributed by atoms with Crippen molar-refractivity contribution in [1.29, 1.82) is 0 Å². The third-order valence-corrected chi connectivity index (χ3v) is 4.40. The predicted octanol–water partition coefficient (Wildman–Crippen LogP) is 1.69. The lowest BCUT2D eigenvalue weighted by molar-refractivity contribution is -0.137. The van der Waals surface area contributed by atoms with Crippen LogP contribution in [0.4, 0.5) is 5.69 Å². The Morgan fingerprint density at radius 3 is 2.95 bits per heavy atom. The van der Waals surface area contributed by atoms with Crippen LogP contribution in [-0.4, -0.2) is 41.3 Å². The minimum atomic E-state index is -0.206. The molecule has 5 nitrogen and oxygen atoms in total. The number of anilines is 1. The number of aromatic nitrogens is 1. The summed E-state index contributed by atoms with van der Waals surface area (Å²) < 4.78 is 0. The molecule has 21 heavy (non-hydrogen) atoms. The predicted molar refractivity (Wildman–Crippen MR) is 79.7 cm³/mol. The van der Waals surface area contributed by atoms with E-state index in [2.05, 4.69) is 11.9 Å². The normalized spacial score (nSPS) is 26.2. The van der Waals surface area contributed by atoms with E-state index in [-0.39, 0.29) is 17.7 Å². The standard InChI is InChI=1S/C16H21N3O2/c1-12-4-3-7-18(10-12)16(21)13-8-15(20)19(11-13)14-5-2-6-17-9-14/h2,5-6,9,12-13H,3-4,7-8,10-11H2,1H3. The van der Waals surface area contributed by atoms with Crippen LogP contribution in [0.5, 0.6) is 0 Å². The minimum absolute atomic E-state index is 0.0198. The summed E-state index contributed by atoms with van der Waals surface area (Å²) in [7, 11) is 0. The van der Waals surface area contributed by atoms with E-state index in [9.17, 15) is 9.59 Å². The highest BCUT2D eigenvalue weighted by atomic mass is 16.2. The molecule has 2 fully saturated rings. The van der Waals surface area contributed by atoms with Gasteiger partial charge in [-0.25, -0.2) is 0 Å². The topological polar surface area (TPSA) is 53.5 Å². The number of rotatable bonds is 2. The Bertz CT molecular complexity index is 532. The highest BCUT2D eigenvalue weighted by Gasteiger charge is 2.37. The molecule has 0 aliphatic carbocycles. The van der Waals surface area contributed by atoms with Gasteiger partial charge >= 0.3 is 0 Å². The Hall–Kier alpha value is -1.91. The first kappa shape index (κ1) is 14.0. The molecule has 0 saturated carbocycles. The van der Waals surface area contributed by atoms with Crippen LogP contribution in [0, 0.1) is 11.8 Å². The van der Waals surface area contributed by atoms with Gasteiger partial charge in [-0.3, -0.25) is 14.6 Å². The zero-order valence-corrected chi connectivity index (χ0v) is 12.4. The first-order valence-electron chi connectivity index (χ1n) is 7.64. The molecule has 2 aliphatic heterocycles. The number of carbonyl (C=O) groups excluding carboxylic acids is 2. The van der Waals surface area contributed by atoms with Gasteiger partial charge in [0, 0.05) is 32.3 Å². The fraction of sp³-hybridized carbons (Fsp3) is 0.562. The van der Waals surface area contributed by atoms with E-state index in [1.165, 1.54) is 6.42 Å². The molecule has 2 unspecified atom stereocenters. The zero-order chi connectivity index (χ0) is 14.8. The Morgan fingerprint density at radius 2 is 2.24 bits per heavy atom. The lowest BCUT2D eigenvalue weighted by atomic mass is 9.98. The van der Waals surface area contributed by atoms with Gasteiger partial charge in [0.15, 0.2) is 0 Å². The monoisotopic (exact) mass is 287 g/mol. The molecule has 0 radical (unpaired) electrons. The summed E-state index contributed by atoms with van der Waals surface area (Å²) in [5, 5.41) is 0. The molecule has 1 aromatic heterocycles. The second-order valence-corrected chi connectivity index (χ2v) is 6.15. The third-order valence-electron chi connectivity index (χ3n) is 4.40. The summed E-state index contributed by atoms with van der Waals surface area (Å²) in [6, 6.07) is 3.67. The van der Waals surface area contributed by atoms with Crippen molar-refractivity contribution in [3.05, 3.63) is 24.5 Å². The average molecular weight is 287 g/mol. The smallest absolute Gasteiger partial charge is 0.228 e. The highest BCUT2D eigenvalue weighted by molar-refractivity contribution is 6.00.